The van der Waals surface area contributed by atoms with E-state index in [2.05, 4.69) is 5.16 Å². The van der Waals surface area contributed by atoms with Crippen LogP contribution in [0.1, 0.15) is 18.5 Å². The molecule has 3 aromatic rings. The van der Waals surface area contributed by atoms with Crippen molar-refractivity contribution in [2.75, 3.05) is 12.0 Å². The molecule has 1 amide bonds. The van der Waals surface area contributed by atoms with Crippen molar-refractivity contribution >= 4 is 23.2 Å². The summed E-state index contributed by atoms with van der Waals surface area (Å²) in [5.41, 5.74) is 1.97. The van der Waals surface area contributed by atoms with E-state index in [1.807, 2.05) is 0 Å². The molecule has 1 aromatic heterocycles. The first-order valence-electron chi connectivity index (χ1n) is 9.39. The molecular formula is C23H18N2O6. The Balaban J connectivity index is 1.89. The van der Waals surface area contributed by atoms with Crippen molar-refractivity contribution in [1.82, 2.24) is 5.16 Å². The van der Waals surface area contributed by atoms with Crippen LogP contribution in [0.3, 0.4) is 0 Å². The molecule has 1 aliphatic heterocycles. The number of hydrogen-bond acceptors (Lipinski definition) is 7. The van der Waals surface area contributed by atoms with Crippen molar-refractivity contribution in [3.05, 3.63) is 77.8 Å². The average molecular weight is 418 g/mol. The van der Waals surface area contributed by atoms with E-state index in [1.165, 1.54) is 18.3 Å². The molecule has 8 nitrogen and oxygen atoms in total. The van der Waals surface area contributed by atoms with Crippen LogP contribution < -0.4 is 9.64 Å². The van der Waals surface area contributed by atoms with Gasteiger partial charge in [0, 0.05) is 29.8 Å². The largest absolute Gasteiger partial charge is 0.504 e. The van der Waals surface area contributed by atoms with Gasteiger partial charge in [-0.15, -0.1) is 0 Å². The summed E-state index contributed by atoms with van der Waals surface area (Å²) in [5, 5.41) is 14.3. The zero-order valence-electron chi connectivity index (χ0n) is 16.7. The summed E-state index contributed by atoms with van der Waals surface area (Å²) in [7, 11) is 1.46. The summed E-state index contributed by atoms with van der Waals surface area (Å²) >= 11 is 0. The highest BCUT2D eigenvalue weighted by molar-refractivity contribution is 6.51. The molecule has 1 unspecified atom stereocenters. The number of allylic oxidation sites excluding steroid dienone is 1. The molecule has 0 radical (unpaired) electrons. The molecule has 8 heteroatoms. The number of nitrogens with zero attached hydrogens (tertiary/aromatic N) is 2. The molecule has 2 aromatic carbocycles. The summed E-state index contributed by atoms with van der Waals surface area (Å²) < 4.78 is 10.3. The Hall–Kier alpha value is -4.20. The first kappa shape index (κ1) is 20.1. The van der Waals surface area contributed by atoms with Crippen LogP contribution in [0, 0.1) is 0 Å². The number of aliphatic hydroxyl groups is 1. The molecule has 31 heavy (non-hydrogen) atoms. The standard InChI is InChI=1S/C23H18N2O6/c1-13(26)21(27)19-20(16-5-3-4-6-18(16)30-2)25(23(29)22(19)28)15-9-7-14(8-10-15)17-11-12-31-24-17/h3-12,20,27H,1-2H3/b21-19-. The van der Waals surface area contributed by atoms with E-state index < -0.39 is 29.3 Å². The summed E-state index contributed by atoms with van der Waals surface area (Å²) in [6, 6.07) is 14.3. The van der Waals surface area contributed by atoms with Gasteiger partial charge in [-0.1, -0.05) is 35.5 Å². The van der Waals surface area contributed by atoms with Gasteiger partial charge in [0.15, 0.2) is 11.5 Å². The molecule has 1 aliphatic rings. The fourth-order valence-corrected chi connectivity index (χ4v) is 3.63. The Bertz CT molecular complexity index is 1200. The van der Waals surface area contributed by atoms with Gasteiger partial charge < -0.3 is 14.4 Å². The fourth-order valence-electron chi connectivity index (χ4n) is 3.63. The van der Waals surface area contributed by atoms with Crippen molar-refractivity contribution in [3.8, 4) is 17.0 Å². The van der Waals surface area contributed by atoms with Crippen molar-refractivity contribution in [3.63, 3.8) is 0 Å². The van der Waals surface area contributed by atoms with E-state index in [1.54, 1.807) is 54.6 Å². The monoisotopic (exact) mass is 418 g/mol. The predicted octanol–water partition coefficient (Wildman–Crippen LogP) is 3.41. The molecule has 0 saturated carbocycles. The Morgan fingerprint density at radius 1 is 1.10 bits per heavy atom. The molecular weight excluding hydrogens is 400 g/mol. The van der Waals surface area contributed by atoms with Crippen LogP contribution >= 0.6 is 0 Å². The number of aromatic nitrogens is 1. The Labute approximate surface area is 177 Å². The number of aliphatic hydroxyl groups excluding tert-OH is 1. The van der Waals surface area contributed by atoms with Crippen LogP contribution in [0.4, 0.5) is 5.69 Å². The maximum Gasteiger partial charge on any atom is 0.300 e. The van der Waals surface area contributed by atoms with Crippen LogP contribution in [0.15, 0.2) is 76.7 Å². The van der Waals surface area contributed by atoms with E-state index >= 15 is 0 Å². The van der Waals surface area contributed by atoms with Gasteiger partial charge in [0.2, 0.25) is 0 Å². The first-order chi connectivity index (χ1) is 14.9. The second kappa shape index (κ2) is 7.91. The highest BCUT2D eigenvalue weighted by Crippen LogP contribution is 2.43. The molecule has 1 atom stereocenters. The van der Waals surface area contributed by atoms with E-state index in [0.29, 0.717) is 22.7 Å². The lowest BCUT2D eigenvalue weighted by Crippen LogP contribution is -2.29. The topological polar surface area (TPSA) is 110 Å². The number of benzene rings is 2. The second-order valence-electron chi connectivity index (χ2n) is 6.90. The van der Waals surface area contributed by atoms with Crippen molar-refractivity contribution in [2.45, 2.75) is 13.0 Å². The minimum absolute atomic E-state index is 0.275. The minimum atomic E-state index is -1.03. The Morgan fingerprint density at radius 2 is 1.81 bits per heavy atom. The molecule has 0 bridgehead atoms. The van der Waals surface area contributed by atoms with Gasteiger partial charge in [-0.05, 0) is 18.2 Å². The first-order valence-corrected chi connectivity index (χ1v) is 9.39. The number of methoxy groups -OCH3 is 1. The van der Waals surface area contributed by atoms with Crippen molar-refractivity contribution < 1.29 is 28.8 Å². The van der Waals surface area contributed by atoms with Crippen LogP contribution in [-0.2, 0) is 14.4 Å². The number of carbonyl (C=O) groups excluding carboxylic acids is 3. The zero-order chi connectivity index (χ0) is 22.1. The molecule has 2 heterocycles. The molecule has 1 N–H and O–H groups in total. The summed E-state index contributed by atoms with van der Waals surface area (Å²) in [6.45, 7) is 1.13. The van der Waals surface area contributed by atoms with Crippen LogP contribution in [0.2, 0.25) is 0 Å². The van der Waals surface area contributed by atoms with Crippen molar-refractivity contribution in [1.29, 1.82) is 0 Å². The highest BCUT2D eigenvalue weighted by Gasteiger charge is 2.48. The van der Waals surface area contributed by atoms with Crippen molar-refractivity contribution in [2.24, 2.45) is 0 Å². The minimum Gasteiger partial charge on any atom is -0.504 e. The number of Topliss-reactive ketones (excluding diaryl/α,β-unsaturated/α-hetero) is 2. The van der Waals surface area contributed by atoms with Gasteiger partial charge in [0.05, 0.1) is 18.7 Å². The van der Waals surface area contributed by atoms with Crippen LogP contribution in [0.25, 0.3) is 11.3 Å². The lowest BCUT2D eigenvalue weighted by atomic mass is 9.95. The molecule has 156 valence electrons. The van der Waals surface area contributed by atoms with Gasteiger partial charge in [-0.2, -0.15) is 0 Å². The summed E-state index contributed by atoms with van der Waals surface area (Å²) in [4.78, 5) is 39.0. The lowest BCUT2D eigenvalue weighted by molar-refractivity contribution is -0.132. The molecule has 1 saturated heterocycles. The van der Waals surface area contributed by atoms with Gasteiger partial charge >= 0.3 is 0 Å². The third kappa shape index (κ3) is 3.38. The SMILES string of the molecule is COc1ccccc1C1/C(=C(/O)C(C)=O)C(=O)C(=O)N1c1ccc(-c2ccon2)cc1. The third-order valence-corrected chi connectivity index (χ3v) is 5.09. The number of ether oxygens (including phenoxy) is 1. The number of hydrogen-bond donors (Lipinski definition) is 1. The van der Waals surface area contributed by atoms with E-state index in [-0.39, 0.29) is 5.57 Å². The highest BCUT2D eigenvalue weighted by atomic mass is 16.5. The lowest BCUT2D eigenvalue weighted by Gasteiger charge is -2.26. The zero-order valence-corrected chi connectivity index (χ0v) is 16.7. The number of carbonyl (C=O) groups is 3. The normalized spacial score (nSPS) is 17.7. The van der Waals surface area contributed by atoms with Gasteiger partial charge in [-0.25, -0.2) is 0 Å². The molecule has 0 spiro atoms. The maximum atomic E-state index is 13.0. The predicted molar refractivity (Wildman–Crippen MR) is 111 cm³/mol. The quantitative estimate of drug-likeness (QED) is 0.384. The van der Waals surface area contributed by atoms with E-state index in [0.717, 1.165) is 12.5 Å². The molecule has 4 rings (SSSR count). The number of amides is 1. The summed E-state index contributed by atoms with van der Waals surface area (Å²) in [5.74, 6) is -2.83. The third-order valence-electron chi connectivity index (χ3n) is 5.09. The maximum absolute atomic E-state index is 13.0. The van der Waals surface area contributed by atoms with E-state index in [9.17, 15) is 19.5 Å². The Morgan fingerprint density at radius 3 is 2.42 bits per heavy atom. The number of rotatable bonds is 5. The average Bonchev–Trinajstić information content (AvgIpc) is 3.41. The number of ketones is 2. The van der Waals surface area contributed by atoms with E-state index in [4.69, 9.17) is 9.26 Å². The number of anilines is 1. The van der Waals surface area contributed by atoms with Crippen LogP contribution in [-0.4, -0.2) is 34.8 Å². The van der Waals surface area contributed by atoms with Gasteiger partial charge in [0.1, 0.15) is 17.7 Å². The second-order valence-corrected chi connectivity index (χ2v) is 6.90. The smallest absolute Gasteiger partial charge is 0.300 e. The van der Waals surface area contributed by atoms with Crippen LogP contribution in [0.5, 0.6) is 5.75 Å². The molecule has 0 aliphatic carbocycles. The fraction of sp³-hybridized carbons (Fsp3) is 0.130. The summed E-state index contributed by atoms with van der Waals surface area (Å²) in [6.07, 6.45) is 1.45. The Kier molecular flexibility index (Phi) is 5.12. The van der Waals surface area contributed by atoms with Gasteiger partial charge in [-0.3, -0.25) is 19.3 Å². The van der Waals surface area contributed by atoms with Gasteiger partial charge in [0.25, 0.3) is 11.7 Å². The number of para-hydroxylation sites is 1. The molecule has 1 fully saturated rings.